The molecule has 0 saturated heterocycles. The van der Waals surface area contributed by atoms with E-state index in [0.717, 1.165) is 40.8 Å². The molecule has 4 aromatic heterocycles. The first-order valence-corrected chi connectivity index (χ1v) is 7.67. The Balaban J connectivity index is 1.67. The normalized spacial score (nSPS) is 15.1. The molecule has 1 aliphatic rings. The number of furan rings is 1. The zero-order chi connectivity index (χ0) is 15.2. The van der Waals surface area contributed by atoms with Crippen molar-refractivity contribution in [1.29, 1.82) is 0 Å². The van der Waals surface area contributed by atoms with Crippen LogP contribution in [0.4, 0.5) is 0 Å². The molecule has 0 aromatic carbocycles. The molecule has 5 rings (SSSR count). The van der Waals surface area contributed by atoms with Gasteiger partial charge in [0.1, 0.15) is 6.26 Å². The number of rotatable bonds is 3. The molecular weight excluding hydrogens is 292 g/mol. The summed E-state index contributed by atoms with van der Waals surface area (Å²) >= 11 is 0. The molecule has 0 aliphatic heterocycles. The smallest absolute Gasteiger partial charge is 0.184 e. The van der Waals surface area contributed by atoms with Crippen molar-refractivity contribution in [3.63, 3.8) is 0 Å². The number of hydrogen-bond donors (Lipinski definition) is 1. The molecule has 0 radical (unpaired) electrons. The molecule has 1 fully saturated rings. The van der Waals surface area contributed by atoms with Crippen molar-refractivity contribution in [2.24, 2.45) is 0 Å². The Morgan fingerprint density at radius 2 is 2.17 bits per heavy atom. The van der Waals surface area contributed by atoms with Gasteiger partial charge >= 0.3 is 0 Å². The monoisotopic (exact) mass is 306 g/mol. The number of aromatic amines is 1. The van der Waals surface area contributed by atoms with E-state index >= 15 is 0 Å². The summed E-state index contributed by atoms with van der Waals surface area (Å²) in [5.41, 5.74) is 2.62. The molecule has 0 amide bonds. The van der Waals surface area contributed by atoms with E-state index in [-0.39, 0.29) is 0 Å². The third-order valence-electron chi connectivity index (χ3n) is 4.38. The van der Waals surface area contributed by atoms with Crippen LogP contribution in [0.5, 0.6) is 0 Å². The lowest BCUT2D eigenvalue weighted by atomic mass is 9.93. The summed E-state index contributed by atoms with van der Waals surface area (Å²) in [6, 6.07) is 4.34. The first-order valence-electron chi connectivity index (χ1n) is 7.67. The van der Waals surface area contributed by atoms with Crippen LogP contribution in [0.3, 0.4) is 0 Å². The first kappa shape index (κ1) is 12.6. The Morgan fingerprint density at radius 1 is 1.22 bits per heavy atom. The number of H-pyrrole nitrogens is 1. The zero-order valence-electron chi connectivity index (χ0n) is 12.3. The second-order valence-electron chi connectivity index (χ2n) is 5.83. The lowest BCUT2D eigenvalue weighted by Gasteiger charge is -2.26. The number of aromatic nitrogens is 6. The molecule has 0 unspecified atom stereocenters. The Hall–Kier alpha value is -2.96. The maximum Gasteiger partial charge on any atom is 0.184 e. The van der Waals surface area contributed by atoms with Crippen LogP contribution in [0.1, 0.15) is 25.3 Å². The van der Waals surface area contributed by atoms with Crippen molar-refractivity contribution >= 4 is 11.0 Å². The Bertz CT molecular complexity index is 964. The van der Waals surface area contributed by atoms with Gasteiger partial charge in [-0.25, -0.2) is 14.6 Å². The van der Waals surface area contributed by atoms with Crippen LogP contribution in [0.15, 0.2) is 41.5 Å². The molecule has 1 aliphatic carbocycles. The van der Waals surface area contributed by atoms with Crippen molar-refractivity contribution in [2.75, 3.05) is 0 Å². The van der Waals surface area contributed by atoms with Gasteiger partial charge < -0.3 is 4.42 Å². The van der Waals surface area contributed by atoms with Crippen molar-refractivity contribution in [3.8, 4) is 22.8 Å². The van der Waals surface area contributed by atoms with Crippen LogP contribution in [0, 0.1) is 0 Å². The van der Waals surface area contributed by atoms with Gasteiger partial charge in [0.05, 0.1) is 24.1 Å². The summed E-state index contributed by atoms with van der Waals surface area (Å²) in [5.74, 6) is 1.54. The van der Waals surface area contributed by atoms with Gasteiger partial charge in [-0.3, -0.25) is 5.10 Å². The van der Waals surface area contributed by atoms with Gasteiger partial charge in [-0.1, -0.05) is 0 Å². The molecule has 1 saturated carbocycles. The maximum absolute atomic E-state index is 5.16. The minimum atomic E-state index is 0.415. The van der Waals surface area contributed by atoms with E-state index in [1.54, 1.807) is 18.7 Å². The highest BCUT2D eigenvalue weighted by molar-refractivity contribution is 5.79. The van der Waals surface area contributed by atoms with E-state index in [4.69, 9.17) is 14.5 Å². The minimum absolute atomic E-state index is 0.415. The predicted octanol–water partition coefficient (Wildman–Crippen LogP) is 3.20. The summed E-state index contributed by atoms with van der Waals surface area (Å²) in [5, 5.41) is 12.6. The molecule has 4 heterocycles. The van der Waals surface area contributed by atoms with Gasteiger partial charge in [0.2, 0.25) is 0 Å². The highest BCUT2D eigenvalue weighted by atomic mass is 16.3. The summed E-state index contributed by atoms with van der Waals surface area (Å²) < 4.78 is 7.19. The van der Waals surface area contributed by atoms with E-state index in [2.05, 4.69) is 15.2 Å². The number of nitrogens with one attached hydrogen (secondary N) is 1. The molecule has 114 valence electrons. The third kappa shape index (κ3) is 1.97. The second kappa shape index (κ2) is 4.77. The average molecular weight is 306 g/mol. The highest BCUT2D eigenvalue weighted by Crippen LogP contribution is 2.35. The van der Waals surface area contributed by atoms with Crippen LogP contribution >= 0.6 is 0 Å². The highest BCUT2D eigenvalue weighted by Gasteiger charge is 2.26. The maximum atomic E-state index is 5.16. The number of hydrogen-bond acceptors (Lipinski definition) is 5. The average Bonchev–Trinajstić information content (AvgIpc) is 3.25. The Morgan fingerprint density at radius 3 is 2.96 bits per heavy atom. The fourth-order valence-electron chi connectivity index (χ4n) is 2.88. The van der Waals surface area contributed by atoms with Crippen molar-refractivity contribution in [3.05, 3.63) is 37.1 Å². The number of nitrogens with zero attached hydrogens (tertiary/aromatic N) is 5. The lowest BCUT2D eigenvalue weighted by molar-refractivity contribution is 0.292. The molecular formula is C16H14N6O. The molecule has 0 bridgehead atoms. The van der Waals surface area contributed by atoms with Crippen LogP contribution in [-0.4, -0.2) is 29.9 Å². The molecule has 0 spiro atoms. The molecule has 4 aromatic rings. The predicted molar refractivity (Wildman–Crippen MR) is 83.5 cm³/mol. The van der Waals surface area contributed by atoms with Crippen LogP contribution in [0.2, 0.25) is 0 Å². The SMILES string of the molecule is c1cc(-c2nc(-c3cnc4[nH]ncc4c3)n(C3CCC3)n2)co1. The van der Waals surface area contributed by atoms with Crippen molar-refractivity contribution < 1.29 is 4.42 Å². The van der Waals surface area contributed by atoms with E-state index < -0.39 is 0 Å². The summed E-state index contributed by atoms with van der Waals surface area (Å²) in [4.78, 5) is 9.15. The van der Waals surface area contributed by atoms with Crippen LogP contribution in [-0.2, 0) is 0 Å². The minimum Gasteiger partial charge on any atom is -0.472 e. The lowest BCUT2D eigenvalue weighted by Crippen LogP contribution is -2.19. The van der Waals surface area contributed by atoms with E-state index in [1.807, 2.05) is 23.0 Å². The summed E-state index contributed by atoms with van der Waals surface area (Å²) in [7, 11) is 0. The van der Waals surface area contributed by atoms with Crippen molar-refractivity contribution in [1.82, 2.24) is 29.9 Å². The van der Waals surface area contributed by atoms with E-state index in [1.165, 1.54) is 6.42 Å². The van der Waals surface area contributed by atoms with Gasteiger partial charge in [0.25, 0.3) is 0 Å². The number of fused-ring (bicyclic) bond motifs is 1. The largest absolute Gasteiger partial charge is 0.472 e. The van der Waals surface area contributed by atoms with Crippen LogP contribution in [0.25, 0.3) is 33.8 Å². The van der Waals surface area contributed by atoms with Gasteiger partial charge in [0.15, 0.2) is 17.3 Å². The molecule has 1 N–H and O–H groups in total. The fraction of sp³-hybridized carbons (Fsp3) is 0.250. The van der Waals surface area contributed by atoms with Gasteiger partial charge in [-0.15, -0.1) is 0 Å². The van der Waals surface area contributed by atoms with E-state index in [9.17, 15) is 0 Å². The molecule has 0 atom stereocenters. The summed E-state index contributed by atoms with van der Waals surface area (Å²) in [6.07, 6.45) is 10.4. The molecule has 7 heteroatoms. The standard InChI is InChI=1S/C16H14N6O/c1-2-13(3-1)22-16(19-15(21-22)10-4-5-23-9-10)12-6-11-8-18-20-14(11)17-7-12/h4-9,13H,1-3H2,(H,17,18,20). The molecule has 23 heavy (non-hydrogen) atoms. The molecule has 7 nitrogen and oxygen atoms in total. The Labute approximate surface area is 131 Å². The third-order valence-corrected chi connectivity index (χ3v) is 4.38. The van der Waals surface area contributed by atoms with Gasteiger partial charge in [-0.2, -0.15) is 10.2 Å². The quantitative estimate of drug-likeness (QED) is 0.628. The Kier molecular flexibility index (Phi) is 2.61. The second-order valence-corrected chi connectivity index (χ2v) is 5.83. The van der Waals surface area contributed by atoms with E-state index in [0.29, 0.717) is 11.9 Å². The zero-order valence-corrected chi connectivity index (χ0v) is 12.3. The van der Waals surface area contributed by atoms with Crippen molar-refractivity contribution in [2.45, 2.75) is 25.3 Å². The topological polar surface area (TPSA) is 85.4 Å². The van der Waals surface area contributed by atoms with Gasteiger partial charge in [-0.05, 0) is 31.4 Å². The summed E-state index contributed by atoms with van der Waals surface area (Å²) in [6.45, 7) is 0. The fourth-order valence-corrected chi connectivity index (χ4v) is 2.88. The van der Waals surface area contributed by atoms with Gasteiger partial charge in [0, 0.05) is 17.1 Å². The number of pyridine rings is 1. The van der Waals surface area contributed by atoms with Crippen LogP contribution < -0.4 is 0 Å². The first-order chi connectivity index (χ1) is 11.4.